The molecule has 0 fully saturated rings. The third-order valence-corrected chi connectivity index (χ3v) is 32.6. The lowest BCUT2D eigenvalue weighted by Gasteiger charge is -2.43. The minimum Gasteiger partial charge on any atom is -0.466 e. The Morgan fingerprint density at radius 2 is 0.776 bits per heavy atom. The summed E-state index contributed by atoms with van der Waals surface area (Å²) in [5, 5.41) is 28.3. The normalized spacial score (nSPS) is 13.4. The van der Waals surface area contributed by atoms with E-state index in [-0.39, 0.29) is 24.8 Å². The van der Waals surface area contributed by atoms with Gasteiger partial charge in [-0.05, 0) is 106 Å². The van der Waals surface area contributed by atoms with Crippen LogP contribution in [0.25, 0.3) is 0 Å². The van der Waals surface area contributed by atoms with E-state index in [1.807, 2.05) is 108 Å². The van der Waals surface area contributed by atoms with Crippen molar-refractivity contribution in [3.63, 3.8) is 0 Å². The number of carbonyl (C=O) groups excluding carboxylic acids is 2. The van der Waals surface area contributed by atoms with Gasteiger partial charge in [0.25, 0.3) is 0 Å². The number of unbranched alkanes of at least 4 members (excludes halogenated alkanes) is 18. The molecule has 0 aliphatic carbocycles. The van der Waals surface area contributed by atoms with Crippen LogP contribution in [0.15, 0.2) is 93.8 Å². The van der Waals surface area contributed by atoms with Crippen LogP contribution >= 0.6 is 0 Å². The second kappa shape index (κ2) is 50.5. The topological polar surface area (TPSA) is 239 Å². The first kappa shape index (κ1) is 85.6. The number of hydrogen-bond acceptors (Lipinski definition) is 20. The van der Waals surface area contributed by atoms with Crippen LogP contribution in [0.4, 0.5) is 29.0 Å². The third-order valence-electron chi connectivity index (χ3n) is 17.5. The van der Waals surface area contributed by atoms with Crippen molar-refractivity contribution in [3.8, 4) is 0 Å². The third kappa shape index (κ3) is 33.8. The number of nitrogens with one attached hydrogen (secondary N) is 3. The highest BCUT2D eigenvalue weighted by molar-refractivity contribution is 6.84. The van der Waals surface area contributed by atoms with Crippen LogP contribution in [0.5, 0.6) is 0 Å². The molecule has 4 aromatic rings. The molecule has 554 valence electrons. The quantitative estimate of drug-likeness (QED) is 0.0122. The Balaban J connectivity index is 1.52. The van der Waals surface area contributed by atoms with Gasteiger partial charge in [-0.15, -0.1) is 0 Å². The minimum atomic E-state index is -3.99. The highest BCUT2D eigenvalue weighted by Crippen LogP contribution is 2.36. The van der Waals surface area contributed by atoms with E-state index in [0.29, 0.717) is 95.8 Å². The minimum absolute atomic E-state index is 0.202. The number of aromatic nitrogens is 4. The molecule has 0 aliphatic rings. The molecule has 4 rings (SSSR count). The SMILES string of the molecule is CCCCCCCCCCCCOC(=O)CCNCCC[Si@](OC)(O[Si](CCCNc1ccc(N=Nc2n(C)cc[n+]2C)cc1)(OC)OC)O[Si](CCCCc1ccc(N=Nc2n(C)cc[n+]2C)cc1)(OC)O[Si](CCCNCCC(=O)OCCCCCCCCCCC)(OC)OC. The van der Waals surface area contributed by atoms with Crippen molar-refractivity contribution in [2.24, 2.45) is 48.6 Å². The van der Waals surface area contributed by atoms with Gasteiger partial charge in [-0.25, -0.2) is 18.3 Å². The molecule has 1 unspecified atom stereocenters. The zero-order chi connectivity index (χ0) is 71.0. The summed E-state index contributed by atoms with van der Waals surface area (Å²) in [6, 6.07) is 17.4. The maximum absolute atomic E-state index is 12.9. The average Bonchev–Trinajstić information content (AvgIpc) is 1.13. The number of anilines is 1. The molecule has 3 N–H and O–H groups in total. The molecule has 2 aromatic heterocycles. The van der Waals surface area contributed by atoms with Crippen molar-refractivity contribution in [2.45, 2.75) is 211 Å². The second-order valence-corrected chi connectivity index (χ2v) is 37.8. The molecular formula is C70H127N11O13Si4+2. The lowest BCUT2D eigenvalue weighted by Crippen LogP contribution is -2.66. The molecule has 0 amide bonds. The van der Waals surface area contributed by atoms with Crippen LogP contribution < -0.4 is 25.1 Å². The zero-order valence-corrected chi connectivity index (χ0v) is 66.2. The lowest BCUT2D eigenvalue weighted by atomic mass is 10.1. The number of azo groups is 2. The molecule has 98 heavy (non-hydrogen) atoms. The summed E-state index contributed by atoms with van der Waals surface area (Å²) in [4.78, 5) is 25.6. The smallest absolute Gasteiger partial charge is 0.466 e. The number of nitrogens with zero attached hydrogens (tertiary/aromatic N) is 8. The van der Waals surface area contributed by atoms with Crippen LogP contribution in [0.1, 0.15) is 186 Å². The van der Waals surface area contributed by atoms with E-state index in [0.717, 1.165) is 73.0 Å². The fraction of sp³-hybridized carbons (Fsp3) is 0.714. The number of benzene rings is 2. The fourth-order valence-electron chi connectivity index (χ4n) is 11.4. The molecule has 0 aliphatic heterocycles. The first-order valence-corrected chi connectivity index (χ1v) is 44.2. The first-order valence-electron chi connectivity index (χ1n) is 36.5. The Morgan fingerprint density at radius 1 is 0.418 bits per heavy atom. The Hall–Kier alpha value is -4.77. The van der Waals surface area contributed by atoms with E-state index in [9.17, 15) is 9.59 Å². The van der Waals surface area contributed by atoms with Gasteiger partial charge in [0.05, 0.1) is 79.0 Å². The Bertz CT molecular complexity index is 2760. The Labute approximate surface area is 592 Å². The maximum Gasteiger partial charge on any atom is 0.493 e. The molecule has 2 atom stereocenters. The van der Waals surface area contributed by atoms with E-state index in [1.165, 1.54) is 96.3 Å². The number of rotatable bonds is 61. The summed E-state index contributed by atoms with van der Waals surface area (Å²) in [5.74, 6) is 1.04. The Morgan fingerprint density at radius 3 is 1.16 bits per heavy atom. The van der Waals surface area contributed by atoms with Gasteiger partial charge in [-0.1, -0.05) is 145 Å². The van der Waals surface area contributed by atoms with Crippen molar-refractivity contribution >= 4 is 76.1 Å². The summed E-state index contributed by atoms with van der Waals surface area (Å²) < 4.78 is 79.8. The molecule has 0 radical (unpaired) electrons. The largest absolute Gasteiger partial charge is 0.493 e. The number of hydrogen-bond donors (Lipinski definition) is 3. The standard InChI is InChI=1S/C70H126N11O13Si4/c1-13-15-17-19-21-23-25-27-29-32-58-91-68(83)47-52-72-49-35-62-98(89-12,93-96(86-9,87-10)61-36-50-73-64-42-44-66(45-43-64)75-77-70-80(5)55-56-81(70)6)94-97(88-11,59-33-30-37-63-38-40-65(41-39-63)74-76-69-78(3)53-54-79(69)4)92-95(84-7,85-8)60-34-48-71-51-46-67(82)90-57-31-28-26-24-22-20-18-16-14-2/h38-45,53-56,71-72H,13-37,46-52,57-62H2,1-12H3/q+1/p+1/t97?,98-/m0/s1. The van der Waals surface area contributed by atoms with Crippen molar-refractivity contribution in [3.05, 3.63) is 78.9 Å². The van der Waals surface area contributed by atoms with Crippen LogP contribution in [0.2, 0.25) is 24.2 Å². The van der Waals surface area contributed by atoms with Crippen LogP contribution in [0.3, 0.4) is 0 Å². The molecule has 0 saturated carbocycles. The van der Waals surface area contributed by atoms with E-state index >= 15 is 0 Å². The van der Waals surface area contributed by atoms with Crippen molar-refractivity contribution < 1.29 is 67.1 Å². The monoisotopic (exact) mass is 1440 g/mol. The second-order valence-electron chi connectivity index (χ2n) is 25.4. The van der Waals surface area contributed by atoms with Gasteiger partial charge >= 0.3 is 59.1 Å². The highest BCUT2D eigenvalue weighted by Gasteiger charge is 2.61. The van der Waals surface area contributed by atoms with Crippen LogP contribution in [-0.2, 0) is 92.6 Å². The van der Waals surface area contributed by atoms with Crippen molar-refractivity contribution in [2.75, 3.05) is 93.9 Å². The summed E-state index contributed by atoms with van der Waals surface area (Å²) in [7, 11) is 2.21. The average molecular weight is 1440 g/mol. The molecule has 0 saturated heterocycles. The van der Waals surface area contributed by atoms with Crippen LogP contribution in [0, 0.1) is 0 Å². The predicted octanol–water partition coefficient (Wildman–Crippen LogP) is 14.6. The van der Waals surface area contributed by atoms with Gasteiger partial charge < -0.3 is 64.3 Å². The summed E-state index contributed by atoms with van der Waals surface area (Å²) >= 11 is 0. The van der Waals surface area contributed by atoms with Crippen LogP contribution in [-0.4, -0.2) is 145 Å². The number of aryl methyl sites for hydroxylation is 5. The summed E-state index contributed by atoms with van der Waals surface area (Å²) in [6.45, 7) is 7.96. The summed E-state index contributed by atoms with van der Waals surface area (Å²) in [5.41, 5.74) is 3.53. The Kier molecular flexibility index (Phi) is 44.2. The van der Waals surface area contributed by atoms with Crippen molar-refractivity contribution in [1.82, 2.24) is 19.8 Å². The van der Waals surface area contributed by atoms with Gasteiger partial charge in [-0.3, -0.25) is 9.59 Å². The van der Waals surface area contributed by atoms with E-state index in [4.69, 9.17) is 48.4 Å². The maximum atomic E-state index is 12.9. The van der Waals surface area contributed by atoms with Gasteiger partial charge in [0.15, 0.2) is 0 Å². The number of carbonyl (C=O) groups is 2. The fourth-order valence-corrected chi connectivity index (χ4v) is 27.4. The number of imidazole rings is 2. The molecular weight excluding hydrogens is 1320 g/mol. The molecule has 28 heteroatoms. The number of esters is 2. The first-order chi connectivity index (χ1) is 47.6. The van der Waals surface area contributed by atoms with Gasteiger partial charge in [0.1, 0.15) is 11.4 Å². The number of ether oxygens (including phenoxy) is 2. The predicted molar refractivity (Wildman–Crippen MR) is 393 cm³/mol. The van der Waals surface area contributed by atoms with Gasteiger partial charge in [0, 0.05) is 102 Å². The van der Waals surface area contributed by atoms with Crippen molar-refractivity contribution in [1.29, 1.82) is 0 Å². The molecule has 0 spiro atoms. The summed E-state index contributed by atoms with van der Waals surface area (Å²) in [6.07, 6.45) is 35.2. The molecule has 24 nitrogen and oxygen atoms in total. The highest BCUT2D eigenvalue weighted by atomic mass is 28.5. The van der Waals surface area contributed by atoms with E-state index < -0.39 is 35.2 Å². The molecule has 0 bridgehead atoms. The van der Waals surface area contributed by atoms with Gasteiger partial charge in [-0.2, -0.15) is 0 Å². The van der Waals surface area contributed by atoms with E-state index in [2.05, 4.69) is 62.4 Å². The molecule has 2 heterocycles. The molecule has 2 aromatic carbocycles. The lowest BCUT2D eigenvalue weighted by molar-refractivity contribution is -0.657. The van der Waals surface area contributed by atoms with Gasteiger partial charge in [0.2, 0.25) is 0 Å². The van der Waals surface area contributed by atoms with E-state index in [1.54, 1.807) is 42.7 Å². The zero-order valence-electron chi connectivity index (χ0n) is 62.2.